The number of carbonyl (C=O) groups is 3. The second-order valence-electron chi connectivity index (χ2n) is 6.60. The Labute approximate surface area is 157 Å². The van der Waals surface area contributed by atoms with E-state index in [9.17, 15) is 14.4 Å². The molecule has 3 rings (SSSR count). The molecule has 0 aliphatic carbocycles. The van der Waals surface area contributed by atoms with E-state index >= 15 is 0 Å². The van der Waals surface area contributed by atoms with Gasteiger partial charge >= 0.3 is 5.97 Å². The van der Waals surface area contributed by atoms with Crippen molar-refractivity contribution in [3.8, 4) is 0 Å². The highest BCUT2D eigenvalue weighted by Gasteiger charge is 2.35. The fraction of sp³-hybridized carbons (Fsp3) is 0.500. The van der Waals surface area contributed by atoms with E-state index in [2.05, 4.69) is 4.90 Å². The molecule has 1 aromatic carbocycles. The Morgan fingerprint density at radius 3 is 2.46 bits per heavy atom. The molecule has 0 spiro atoms. The van der Waals surface area contributed by atoms with E-state index in [0.717, 1.165) is 5.69 Å². The number of rotatable bonds is 4. The Balaban J connectivity index is 1.70. The third-order valence-electron chi connectivity index (χ3n) is 4.99. The summed E-state index contributed by atoms with van der Waals surface area (Å²) in [5, 5.41) is 9.62. The summed E-state index contributed by atoms with van der Waals surface area (Å²) in [6.45, 7) is 4.76. The smallest absolute Gasteiger partial charge is 0.308 e. The van der Waals surface area contributed by atoms with E-state index < -0.39 is 11.9 Å². The molecule has 26 heavy (non-hydrogen) atoms. The number of aliphatic carboxylic acids is 1. The monoisotopic (exact) mass is 379 g/mol. The summed E-state index contributed by atoms with van der Waals surface area (Å²) in [6.07, 6.45) is 0.527. The van der Waals surface area contributed by atoms with E-state index in [4.69, 9.17) is 16.7 Å². The number of carboxylic acids is 1. The van der Waals surface area contributed by atoms with Crippen LogP contribution in [0.25, 0.3) is 0 Å². The third-order valence-corrected chi connectivity index (χ3v) is 5.30. The number of hydrogen-bond donors (Lipinski definition) is 1. The van der Waals surface area contributed by atoms with Crippen molar-refractivity contribution >= 4 is 40.8 Å². The summed E-state index contributed by atoms with van der Waals surface area (Å²) in [7, 11) is 0. The van der Waals surface area contributed by atoms with Crippen molar-refractivity contribution in [1.82, 2.24) is 4.90 Å². The van der Waals surface area contributed by atoms with Gasteiger partial charge in [0.15, 0.2) is 0 Å². The van der Waals surface area contributed by atoms with Gasteiger partial charge < -0.3 is 19.8 Å². The molecule has 1 aromatic rings. The van der Waals surface area contributed by atoms with E-state index in [1.54, 1.807) is 12.1 Å². The number of carbonyl (C=O) groups excluding carboxylic acids is 2. The first kappa shape index (κ1) is 18.5. The molecule has 2 fully saturated rings. The average Bonchev–Trinajstić information content (AvgIpc) is 3.03. The van der Waals surface area contributed by atoms with Crippen molar-refractivity contribution < 1.29 is 19.5 Å². The average molecular weight is 380 g/mol. The molecule has 2 heterocycles. The zero-order valence-electron chi connectivity index (χ0n) is 14.7. The van der Waals surface area contributed by atoms with Gasteiger partial charge in [0.1, 0.15) is 0 Å². The number of hydrogen-bond acceptors (Lipinski definition) is 4. The number of piperazine rings is 1. The maximum atomic E-state index is 12.1. The van der Waals surface area contributed by atoms with Crippen molar-refractivity contribution in [1.29, 1.82) is 0 Å². The lowest BCUT2D eigenvalue weighted by Crippen LogP contribution is -2.48. The summed E-state index contributed by atoms with van der Waals surface area (Å²) in [4.78, 5) is 40.4. The number of amides is 2. The fourth-order valence-corrected chi connectivity index (χ4v) is 3.76. The Hall–Kier alpha value is -2.28. The summed E-state index contributed by atoms with van der Waals surface area (Å²) >= 11 is 6.44. The summed E-state index contributed by atoms with van der Waals surface area (Å²) in [5.41, 5.74) is 1.48. The SMILES string of the molecule is CCC(=O)N1CCN(c2ccc(N3CC(C(=O)O)CC3=O)cc2Cl)CC1. The van der Waals surface area contributed by atoms with Gasteiger partial charge in [0.25, 0.3) is 0 Å². The quantitative estimate of drug-likeness (QED) is 0.863. The van der Waals surface area contributed by atoms with Crippen LogP contribution < -0.4 is 9.80 Å². The number of carboxylic acid groups (broad SMARTS) is 1. The number of benzene rings is 1. The highest BCUT2D eigenvalue weighted by molar-refractivity contribution is 6.33. The molecule has 0 radical (unpaired) electrons. The molecule has 0 bridgehead atoms. The number of anilines is 2. The van der Waals surface area contributed by atoms with Gasteiger partial charge in [-0.05, 0) is 18.2 Å². The van der Waals surface area contributed by atoms with Crippen LogP contribution in [0.4, 0.5) is 11.4 Å². The Bertz CT molecular complexity index is 731. The third kappa shape index (κ3) is 3.62. The van der Waals surface area contributed by atoms with Crippen molar-refractivity contribution in [2.45, 2.75) is 19.8 Å². The van der Waals surface area contributed by atoms with Crippen LogP contribution in [0.5, 0.6) is 0 Å². The van der Waals surface area contributed by atoms with E-state index in [1.165, 1.54) is 4.90 Å². The lowest BCUT2D eigenvalue weighted by molar-refractivity contribution is -0.141. The van der Waals surface area contributed by atoms with Gasteiger partial charge in [-0.15, -0.1) is 0 Å². The van der Waals surface area contributed by atoms with Gasteiger partial charge in [-0.2, -0.15) is 0 Å². The molecular formula is C18H22ClN3O4. The minimum Gasteiger partial charge on any atom is -0.481 e. The molecule has 2 amide bonds. The van der Waals surface area contributed by atoms with Gasteiger partial charge in [0.2, 0.25) is 11.8 Å². The molecule has 0 aromatic heterocycles. The Kier molecular flexibility index (Phi) is 5.36. The Morgan fingerprint density at radius 2 is 1.92 bits per heavy atom. The number of halogens is 1. The normalized spacial score (nSPS) is 20.6. The number of nitrogens with zero attached hydrogens (tertiary/aromatic N) is 3. The first-order chi connectivity index (χ1) is 12.4. The van der Waals surface area contributed by atoms with Crippen LogP contribution >= 0.6 is 11.6 Å². The molecule has 7 nitrogen and oxygen atoms in total. The zero-order valence-corrected chi connectivity index (χ0v) is 15.4. The molecule has 2 saturated heterocycles. The predicted octanol–water partition coefficient (Wildman–Crippen LogP) is 1.84. The molecule has 8 heteroatoms. The standard InChI is InChI=1S/C18H22ClN3O4/c1-2-16(23)21-7-5-20(6-8-21)15-4-3-13(10-14(15)19)22-11-12(18(25)26)9-17(22)24/h3-4,10,12H,2,5-9,11H2,1H3,(H,25,26). The highest BCUT2D eigenvalue weighted by atomic mass is 35.5. The molecule has 2 aliphatic rings. The molecule has 140 valence electrons. The van der Waals surface area contributed by atoms with E-state index in [-0.39, 0.29) is 24.8 Å². The van der Waals surface area contributed by atoms with Gasteiger partial charge in [-0.25, -0.2) is 0 Å². The highest BCUT2D eigenvalue weighted by Crippen LogP contribution is 2.33. The van der Waals surface area contributed by atoms with Crippen molar-refractivity contribution in [3.05, 3.63) is 23.2 Å². The van der Waals surface area contributed by atoms with Crippen molar-refractivity contribution in [3.63, 3.8) is 0 Å². The van der Waals surface area contributed by atoms with Crippen LogP contribution in [-0.4, -0.2) is 60.5 Å². The Morgan fingerprint density at radius 1 is 1.23 bits per heavy atom. The second-order valence-corrected chi connectivity index (χ2v) is 7.01. The maximum absolute atomic E-state index is 12.1. The molecule has 1 unspecified atom stereocenters. The van der Waals surface area contributed by atoms with Crippen LogP contribution in [0.2, 0.25) is 5.02 Å². The second kappa shape index (κ2) is 7.53. The summed E-state index contributed by atoms with van der Waals surface area (Å²) in [6, 6.07) is 5.37. The lowest BCUT2D eigenvalue weighted by Gasteiger charge is -2.36. The van der Waals surface area contributed by atoms with E-state index in [1.807, 2.05) is 17.9 Å². The van der Waals surface area contributed by atoms with Gasteiger partial charge in [0.05, 0.1) is 16.6 Å². The zero-order chi connectivity index (χ0) is 18.8. The predicted molar refractivity (Wildman–Crippen MR) is 98.6 cm³/mol. The van der Waals surface area contributed by atoms with Gasteiger partial charge in [-0.1, -0.05) is 18.5 Å². The maximum Gasteiger partial charge on any atom is 0.308 e. The fourth-order valence-electron chi connectivity index (χ4n) is 3.46. The van der Waals surface area contributed by atoms with Crippen LogP contribution in [0.3, 0.4) is 0 Å². The lowest BCUT2D eigenvalue weighted by atomic mass is 10.1. The first-order valence-corrected chi connectivity index (χ1v) is 9.14. The topological polar surface area (TPSA) is 81.2 Å². The van der Waals surface area contributed by atoms with Crippen molar-refractivity contribution in [2.75, 3.05) is 42.5 Å². The first-order valence-electron chi connectivity index (χ1n) is 8.76. The van der Waals surface area contributed by atoms with Gasteiger partial charge in [-0.3, -0.25) is 14.4 Å². The molecule has 1 N–H and O–H groups in total. The minimum atomic E-state index is -0.955. The summed E-state index contributed by atoms with van der Waals surface area (Å²) < 4.78 is 0. The van der Waals surface area contributed by atoms with Crippen LogP contribution in [-0.2, 0) is 14.4 Å². The molecule has 2 aliphatic heterocycles. The molecule has 0 saturated carbocycles. The van der Waals surface area contributed by atoms with Gasteiger partial charge in [0, 0.05) is 51.3 Å². The van der Waals surface area contributed by atoms with Crippen LogP contribution in [0, 0.1) is 5.92 Å². The molecular weight excluding hydrogens is 358 g/mol. The minimum absolute atomic E-state index is 0.0160. The largest absolute Gasteiger partial charge is 0.481 e. The van der Waals surface area contributed by atoms with Crippen LogP contribution in [0.1, 0.15) is 19.8 Å². The van der Waals surface area contributed by atoms with Crippen LogP contribution in [0.15, 0.2) is 18.2 Å². The van der Waals surface area contributed by atoms with Crippen molar-refractivity contribution in [2.24, 2.45) is 5.92 Å². The molecule has 1 atom stereocenters. The van der Waals surface area contributed by atoms with E-state index in [0.29, 0.717) is 43.3 Å². The summed E-state index contributed by atoms with van der Waals surface area (Å²) in [5.74, 6) is -1.67.